The van der Waals surface area contributed by atoms with E-state index in [1.807, 2.05) is 36.4 Å². The number of hydrogen-bond acceptors (Lipinski definition) is 6. The Kier molecular flexibility index (Phi) is 9.81. The van der Waals surface area contributed by atoms with Crippen molar-refractivity contribution in [2.45, 2.75) is 26.7 Å². The molecule has 208 valence electrons. The molecule has 8 heteroatoms. The Morgan fingerprint density at radius 1 is 1.00 bits per heavy atom. The maximum Gasteiger partial charge on any atom is 0.314 e. The van der Waals surface area contributed by atoms with Gasteiger partial charge < -0.3 is 19.7 Å². The molecule has 0 aromatic heterocycles. The smallest absolute Gasteiger partial charge is 0.314 e. The third kappa shape index (κ3) is 7.56. The Morgan fingerprint density at radius 2 is 1.80 bits per heavy atom. The van der Waals surface area contributed by atoms with Crippen LogP contribution in [0, 0.1) is 30.0 Å². The first-order valence-electron chi connectivity index (χ1n) is 12.9. The van der Waals surface area contributed by atoms with Crippen LogP contribution in [0.4, 0.5) is 4.39 Å². The third-order valence-electron chi connectivity index (χ3n) is 6.57. The number of benzene rings is 4. The number of aliphatic hydroxyl groups excluding tert-OH is 1. The van der Waals surface area contributed by atoms with Gasteiger partial charge in [-0.15, -0.1) is 0 Å². The van der Waals surface area contributed by atoms with Gasteiger partial charge >= 0.3 is 5.97 Å². The molecule has 41 heavy (non-hydrogen) atoms. The van der Waals surface area contributed by atoms with Crippen LogP contribution in [-0.2, 0) is 24.6 Å². The topological polar surface area (TPSA) is 112 Å². The van der Waals surface area contributed by atoms with E-state index < -0.39 is 24.3 Å². The van der Waals surface area contributed by atoms with Gasteiger partial charge in [-0.1, -0.05) is 54.6 Å². The normalized spacial score (nSPS) is 11.7. The number of aliphatic carboxylic acids is 1. The van der Waals surface area contributed by atoms with Crippen molar-refractivity contribution in [3.8, 4) is 28.7 Å². The number of halogens is 1. The van der Waals surface area contributed by atoms with Gasteiger partial charge in [-0.05, 0) is 59.0 Å². The highest BCUT2D eigenvalue weighted by Crippen LogP contribution is 2.29. The summed E-state index contributed by atoms with van der Waals surface area (Å²) in [6.07, 6.45) is 1.19. The molecule has 0 bridgehead atoms. The van der Waals surface area contributed by atoms with Crippen LogP contribution in [-0.4, -0.2) is 29.0 Å². The molecule has 7 nitrogen and oxygen atoms in total. The van der Waals surface area contributed by atoms with Crippen LogP contribution >= 0.6 is 0 Å². The Hall–Kier alpha value is -5.00. The van der Waals surface area contributed by atoms with Gasteiger partial charge in [0.1, 0.15) is 42.5 Å². The Balaban J connectivity index is 1.55. The minimum absolute atomic E-state index is 0.0573. The fourth-order valence-electron chi connectivity index (χ4n) is 4.20. The van der Waals surface area contributed by atoms with E-state index in [2.05, 4.69) is 30.1 Å². The quantitative estimate of drug-likeness (QED) is 0.206. The molecule has 1 atom stereocenters. The lowest BCUT2D eigenvalue weighted by molar-refractivity contribution is -0.140. The van der Waals surface area contributed by atoms with Crippen molar-refractivity contribution < 1.29 is 28.9 Å². The van der Waals surface area contributed by atoms with E-state index in [1.54, 1.807) is 18.2 Å². The Morgan fingerprint density at radius 3 is 2.54 bits per heavy atom. The number of nitriles is 1. The highest BCUT2D eigenvalue weighted by Gasteiger charge is 2.14. The van der Waals surface area contributed by atoms with Crippen molar-refractivity contribution in [2.75, 3.05) is 6.61 Å². The first-order chi connectivity index (χ1) is 19.9. The van der Waals surface area contributed by atoms with Crippen molar-refractivity contribution in [1.29, 1.82) is 5.26 Å². The Bertz CT molecular complexity index is 1580. The van der Waals surface area contributed by atoms with Crippen molar-refractivity contribution in [3.05, 3.63) is 119 Å². The number of aliphatic imine (C=N–C) groups is 1. The summed E-state index contributed by atoms with van der Waals surface area (Å²) in [5.74, 6) is -1.90. The lowest BCUT2D eigenvalue weighted by Crippen LogP contribution is -2.19. The van der Waals surface area contributed by atoms with E-state index in [-0.39, 0.29) is 18.7 Å². The highest BCUT2D eigenvalue weighted by molar-refractivity contribution is 5.88. The van der Waals surface area contributed by atoms with Gasteiger partial charge in [0, 0.05) is 17.8 Å². The summed E-state index contributed by atoms with van der Waals surface area (Å²) < 4.78 is 25.9. The fourth-order valence-corrected chi connectivity index (χ4v) is 4.20. The maximum absolute atomic E-state index is 13.8. The van der Waals surface area contributed by atoms with Gasteiger partial charge in [-0.2, -0.15) is 5.26 Å². The van der Waals surface area contributed by atoms with E-state index in [0.29, 0.717) is 29.2 Å². The largest absolute Gasteiger partial charge is 0.489 e. The van der Waals surface area contributed by atoms with Crippen LogP contribution in [0.5, 0.6) is 11.5 Å². The zero-order valence-electron chi connectivity index (χ0n) is 22.5. The van der Waals surface area contributed by atoms with Gasteiger partial charge in [0.25, 0.3) is 0 Å². The van der Waals surface area contributed by atoms with E-state index in [4.69, 9.17) is 19.8 Å². The predicted molar refractivity (Wildman–Crippen MR) is 153 cm³/mol. The van der Waals surface area contributed by atoms with Crippen LogP contribution in [0.1, 0.15) is 27.8 Å². The SMILES string of the molecule is Cc1c(COc2ccc(CN=CC(CO)C(=O)O)c(OCc3ccc(F)c(C#N)c3)c2)cccc1-c1ccccc1. The molecule has 1 unspecified atom stereocenters. The van der Waals surface area contributed by atoms with E-state index in [0.717, 1.165) is 22.3 Å². The number of rotatable bonds is 12. The fraction of sp³-hybridized carbons (Fsp3) is 0.182. The first kappa shape index (κ1) is 29.0. The number of aliphatic hydroxyl groups is 1. The minimum Gasteiger partial charge on any atom is -0.489 e. The van der Waals surface area contributed by atoms with Crippen molar-refractivity contribution >= 4 is 12.2 Å². The summed E-state index contributed by atoms with van der Waals surface area (Å²) in [5, 5.41) is 27.5. The van der Waals surface area contributed by atoms with Crippen molar-refractivity contribution in [2.24, 2.45) is 10.9 Å². The highest BCUT2D eigenvalue weighted by atomic mass is 19.1. The molecule has 0 saturated heterocycles. The van der Waals surface area contributed by atoms with Crippen LogP contribution in [0.25, 0.3) is 11.1 Å². The van der Waals surface area contributed by atoms with Crippen LogP contribution in [0.3, 0.4) is 0 Å². The second kappa shape index (κ2) is 13.9. The summed E-state index contributed by atoms with van der Waals surface area (Å²) in [6, 6.07) is 27.5. The summed E-state index contributed by atoms with van der Waals surface area (Å²) in [6.45, 7) is 1.98. The van der Waals surface area contributed by atoms with Crippen LogP contribution < -0.4 is 9.47 Å². The standard InChI is InChI=1S/C33H29FN2O5/c1-22-26(8-5-9-30(22)24-6-3-2-4-7-24)21-40-29-12-11-25(17-36-18-28(19-37)33(38)39)32(15-29)41-20-23-10-13-31(34)27(14-23)16-35/h2-15,18,28,37H,17,19-21H2,1H3,(H,38,39). The van der Waals surface area contributed by atoms with Crippen LogP contribution in [0.15, 0.2) is 89.9 Å². The molecule has 2 N–H and O–H groups in total. The van der Waals surface area contributed by atoms with Gasteiger partial charge in [0.05, 0.1) is 18.7 Å². The van der Waals surface area contributed by atoms with Crippen molar-refractivity contribution in [1.82, 2.24) is 0 Å². The first-order valence-corrected chi connectivity index (χ1v) is 12.9. The predicted octanol–water partition coefficient (Wildman–Crippen LogP) is 6.09. The average Bonchev–Trinajstić information content (AvgIpc) is 2.99. The van der Waals surface area contributed by atoms with E-state index in [1.165, 1.54) is 24.4 Å². The summed E-state index contributed by atoms with van der Waals surface area (Å²) in [7, 11) is 0. The molecule has 0 heterocycles. The third-order valence-corrected chi connectivity index (χ3v) is 6.57. The average molecular weight is 553 g/mol. The molecule has 0 aliphatic heterocycles. The molecule has 4 aromatic carbocycles. The maximum atomic E-state index is 13.8. The van der Waals surface area contributed by atoms with Gasteiger partial charge in [-0.25, -0.2) is 4.39 Å². The minimum atomic E-state index is -1.17. The number of carbonyl (C=O) groups is 1. The molecular weight excluding hydrogens is 523 g/mol. The lowest BCUT2D eigenvalue weighted by atomic mass is 9.97. The zero-order valence-corrected chi connectivity index (χ0v) is 22.5. The van der Waals surface area contributed by atoms with Crippen LogP contribution in [0.2, 0.25) is 0 Å². The summed E-state index contributed by atoms with van der Waals surface area (Å²) in [5.41, 5.74) is 5.57. The summed E-state index contributed by atoms with van der Waals surface area (Å²) >= 11 is 0. The monoisotopic (exact) mass is 552 g/mol. The van der Waals surface area contributed by atoms with E-state index >= 15 is 0 Å². The molecule has 0 spiro atoms. The van der Waals surface area contributed by atoms with Crippen molar-refractivity contribution in [3.63, 3.8) is 0 Å². The molecule has 4 aromatic rings. The second-order valence-corrected chi connectivity index (χ2v) is 9.35. The molecular formula is C33H29FN2O5. The molecule has 0 saturated carbocycles. The van der Waals surface area contributed by atoms with Gasteiger partial charge in [0.2, 0.25) is 0 Å². The van der Waals surface area contributed by atoms with Gasteiger partial charge in [-0.3, -0.25) is 9.79 Å². The molecule has 0 aliphatic carbocycles. The number of carboxylic acid groups (broad SMARTS) is 1. The van der Waals surface area contributed by atoms with E-state index in [9.17, 15) is 14.3 Å². The Labute approximate surface area is 237 Å². The molecule has 0 aliphatic rings. The summed E-state index contributed by atoms with van der Waals surface area (Å²) in [4.78, 5) is 15.4. The molecule has 0 fully saturated rings. The molecule has 0 amide bonds. The number of nitrogens with zero attached hydrogens (tertiary/aromatic N) is 2. The molecule has 4 rings (SSSR count). The van der Waals surface area contributed by atoms with Gasteiger partial charge in [0.15, 0.2) is 0 Å². The number of hydrogen-bond donors (Lipinski definition) is 2. The number of carboxylic acids is 1. The number of ether oxygens (including phenoxy) is 2. The lowest BCUT2D eigenvalue weighted by Gasteiger charge is -2.15. The molecule has 0 radical (unpaired) electrons. The second-order valence-electron chi connectivity index (χ2n) is 9.35. The zero-order chi connectivity index (χ0) is 29.2.